The molecular weight excluding hydrogens is 274 g/mol. The minimum Gasteiger partial charge on any atom is -0.495 e. The Labute approximate surface area is 124 Å². The summed E-state index contributed by atoms with van der Waals surface area (Å²) in [5, 5.41) is 1.90. The van der Waals surface area contributed by atoms with Gasteiger partial charge in [-0.1, -0.05) is 11.6 Å². The standard InChI is InChI=1S/C15H20ClN3O/c1-18-7-8-19-12(9-18)10(5-6-17)14-11(16)3-4-13(20-2)15(14)19/h3-4H,5-9,17H2,1-2H3. The molecule has 4 nitrogen and oxygen atoms in total. The third kappa shape index (κ3) is 1.99. The zero-order valence-electron chi connectivity index (χ0n) is 11.9. The van der Waals surface area contributed by atoms with Crippen molar-refractivity contribution in [2.45, 2.75) is 19.5 Å². The van der Waals surface area contributed by atoms with E-state index in [9.17, 15) is 0 Å². The van der Waals surface area contributed by atoms with Crippen molar-refractivity contribution in [1.82, 2.24) is 9.47 Å². The molecule has 0 fully saturated rings. The van der Waals surface area contributed by atoms with E-state index < -0.39 is 0 Å². The smallest absolute Gasteiger partial charge is 0.143 e. The van der Waals surface area contributed by atoms with Crippen LogP contribution in [0.4, 0.5) is 0 Å². The van der Waals surface area contributed by atoms with E-state index in [1.165, 1.54) is 11.3 Å². The van der Waals surface area contributed by atoms with E-state index in [2.05, 4.69) is 16.5 Å². The van der Waals surface area contributed by atoms with E-state index in [0.29, 0.717) is 6.54 Å². The lowest BCUT2D eigenvalue weighted by Crippen LogP contribution is -2.30. The lowest BCUT2D eigenvalue weighted by Gasteiger charge is -2.26. The van der Waals surface area contributed by atoms with Crippen molar-refractivity contribution in [3.63, 3.8) is 0 Å². The third-order valence-electron chi connectivity index (χ3n) is 4.08. The highest BCUT2D eigenvalue weighted by atomic mass is 35.5. The van der Waals surface area contributed by atoms with Crippen LogP contribution in [-0.4, -0.2) is 36.7 Å². The molecule has 2 N–H and O–H groups in total. The molecule has 1 aliphatic heterocycles. The van der Waals surface area contributed by atoms with Crippen LogP contribution < -0.4 is 10.5 Å². The molecule has 3 rings (SSSR count). The van der Waals surface area contributed by atoms with Crippen LogP contribution in [-0.2, 0) is 19.5 Å². The van der Waals surface area contributed by atoms with Gasteiger partial charge in [-0.15, -0.1) is 0 Å². The zero-order chi connectivity index (χ0) is 14.3. The molecule has 0 spiro atoms. The number of ether oxygens (including phenoxy) is 1. The lowest BCUT2D eigenvalue weighted by atomic mass is 10.1. The highest BCUT2D eigenvalue weighted by molar-refractivity contribution is 6.36. The number of hydrogen-bond donors (Lipinski definition) is 1. The first-order chi connectivity index (χ1) is 9.67. The van der Waals surface area contributed by atoms with Crippen molar-refractivity contribution in [3.8, 4) is 5.75 Å². The van der Waals surface area contributed by atoms with Gasteiger partial charge in [0.25, 0.3) is 0 Å². The summed E-state index contributed by atoms with van der Waals surface area (Å²) in [5.74, 6) is 0.887. The summed E-state index contributed by atoms with van der Waals surface area (Å²) in [4.78, 5) is 2.33. The molecule has 20 heavy (non-hydrogen) atoms. The zero-order valence-corrected chi connectivity index (χ0v) is 12.7. The van der Waals surface area contributed by atoms with Gasteiger partial charge >= 0.3 is 0 Å². The number of likely N-dealkylation sites (N-methyl/N-ethyl adjacent to an activating group) is 1. The summed E-state index contributed by atoms with van der Waals surface area (Å²) in [6.45, 7) is 3.56. The number of methoxy groups -OCH3 is 1. The van der Waals surface area contributed by atoms with Gasteiger partial charge in [0.05, 0.1) is 17.6 Å². The molecule has 108 valence electrons. The Morgan fingerprint density at radius 3 is 2.85 bits per heavy atom. The lowest BCUT2D eigenvalue weighted by molar-refractivity contribution is 0.271. The van der Waals surface area contributed by atoms with Crippen LogP contribution in [0.3, 0.4) is 0 Å². The number of hydrogen-bond acceptors (Lipinski definition) is 3. The Bertz CT molecular complexity index is 650. The second kappa shape index (κ2) is 5.28. The fourth-order valence-electron chi connectivity index (χ4n) is 3.16. The fourth-order valence-corrected chi connectivity index (χ4v) is 3.42. The van der Waals surface area contributed by atoms with Gasteiger partial charge in [0, 0.05) is 30.7 Å². The van der Waals surface area contributed by atoms with E-state index in [4.69, 9.17) is 22.1 Å². The summed E-state index contributed by atoms with van der Waals surface area (Å²) in [6, 6.07) is 3.86. The molecule has 2 aromatic rings. The first-order valence-corrected chi connectivity index (χ1v) is 7.30. The molecule has 0 amide bonds. The van der Waals surface area contributed by atoms with Crippen LogP contribution in [0.25, 0.3) is 10.9 Å². The van der Waals surface area contributed by atoms with Gasteiger partial charge in [0.15, 0.2) is 0 Å². The largest absolute Gasteiger partial charge is 0.495 e. The monoisotopic (exact) mass is 293 g/mol. The van der Waals surface area contributed by atoms with E-state index in [-0.39, 0.29) is 0 Å². The molecule has 1 aliphatic rings. The van der Waals surface area contributed by atoms with Gasteiger partial charge in [0.2, 0.25) is 0 Å². The van der Waals surface area contributed by atoms with Crippen LogP contribution in [0.2, 0.25) is 5.02 Å². The minimum absolute atomic E-state index is 0.628. The van der Waals surface area contributed by atoms with Crippen LogP contribution in [0.1, 0.15) is 11.3 Å². The van der Waals surface area contributed by atoms with Crippen molar-refractivity contribution >= 4 is 22.5 Å². The molecule has 0 radical (unpaired) electrons. The number of nitrogens with zero attached hydrogens (tertiary/aromatic N) is 2. The normalized spacial score (nSPS) is 15.6. The van der Waals surface area contributed by atoms with Crippen LogP contribution in [0.15, 0.2) is 12.1 Å². The Balaban J connectivity index is 2.36. The van der Waals surface area contributed by atoms with Crippen molar-refractivity contribution < 1.29 is 4.74 Å². The maximum Gasteiger partial charge on any atom is 0.143 e. The second-order valence-electron chi connectivity index (χ2n) is 5.33. The Kier molecular flexibility index (Phi) is 3.63. The second-order valence-corrected chi connectivity index (χ2v) is 5.73. The van der Waals surface area contributed by atoms with E-state index in [0.717, 1.165) is 47.7 Å². The van der Waals surface area contributed by atoms with Crippen LogP contribution in [0.5, 0.6) is 5.75 Å². The molecule has 0 saturated heterocycles. The van der Waals surface area contributed by atoms with Crippen molar-refractivity contribution in [1.29, 1.82) is 0 Å². The van der Waals surface area contributed by atoms with Gasteiger partial charge in [-0.05, 0) is 37.7 Å². The highest BCUT2D eigenvalue weighted by Crippen LogP contribution is 2.39. The number of fused-ring (bicyclic) bond motifs is 3. The van der Waals surface area contributed by atoms with E-state index in [1.807, 2.05) is 12.1 Å². The molecule has 1 aromatic heterocycles. The number of benzene rings is 1. The molecule has 0 saturated carbocycles. The SMILES string of the molecule is COc1ccc(Cl)c2c(CCN)c3n(c12)CCN(C)C3. The topological polar surface area (TPSA) is 43.4 Å². The van der Waals surface area contributed by atoms with Gasteiger partial charge in [-0.3, -0.25) is 4.90 Å². The quantitative estimate of drug-likeness (QED) is 0.944. The fraction of sp³-hybridized carbons (Fsp3) is 0.467. The molecule has 0 atom stereocenters. The van der Waals surface area contributed by atoms with Gasteiger partial charge in [0.1, 0.15) is 5.75 Å². The molecule has 0 aliphatic carbocycles. The molecule has 1 aromatic carbocycles. The summed E-state index contributed by atoms with van der Waals surface area (Å²) in [5.41, 5.74) is 9.52. The Morgan fingerprint density at radius 1 is 1.35 bits per heavy atom. The van der Waals surface area contributed by atoms with Crippen molar-refractivity contribution in [2.75, 3.05) is 27.2 Å². The maximum atomic E-state index is 6.46. The minimum atomic E-state index is 0.628. The van der Waals surface area contributed by atoms with Gasteiger partial charge in [-0.25, -0.2) is 0 Å². The first-order valence-electron chi connectivity index (χ1n) is 6.92. The van der Waals surface area contributed by atoms with E-state index >= 15 is 0 Å². The highest BCUT2D eigenvalue weighted by Gasteiger charge is 2.25. The van der Waals surface area contributed by atoms with Gasteiger partial charge < -0.3 is 15.0 Å². The summed E-state index contributed by atoms with van der Waals surface area (Å²) >= 11 is 6.46. The Morgan fingerprint density at radius 2 is 2.15 bits per heavy atom. The summed E-state index contributed by atoms with van der Waals surface area (Å²) in [6.07, 6.45) is 0.847. The summed E-state index contributed by atoms with van der Waals surface area (Å²) < 4.78 is 7.89. The summed E-state index contributed by atoms with van der Waals surface area (Å²) in [7, 11) is 3.85. The third-order valence-corrected chi connectivity index (χ3v) is 4.39. The molecule has 2 heterocycles. The Hall–Kier alpha value is -1.23. The van der Waals surface area contributed by atoms with Crippen LogP contribution in [0, 0.1) is 0 Å². The molecule has 5 heteroatoms. The van der Waals surface area contributed by atoms with Crippen molar-refractivity contribution in [3.05, 3.63) is 28.4 Å². The van der Waals surface area contributed by atoms with Gasteiger partial charge in [-0.2, -0.15) is 0 Å². The first kappa shape index (κ1) is 13.7. The molecular formula is C15H20ClN3O. The number of aromatic nitrogens is 1. The van der Waals surface area contributed by atoms with Crippen LogP contribution >= 0.6 is 11.6 Å². The van der Waals surface area contributed by atoms with Crippen molar-refractivity contribution in [2.24, 2.45) is 5.73 Å². The van der Waals surface area contributed by atoms with E-state index in [1.54, 1.807) is 7.11 Å². The predicted molar refractivity (Wildman–Crippen MR) is 82.6 cm³/mol. The molecule has 0 unspecified atom stereocenters. The maximum absolute atomic E-state index is 6.46. The number of nitrogens with two attached hydrogens (primary N) is 1. The number of rotatable bonds is 3. The average Bonchev–Trinajstić information content (AvgIpc) is 2.75. The number of halogens is 1. The predicted octanol–water partition coefficient (Wildman–Crippen LogP) is 2.25. The molecule has 0 bridgehead atoms. The average molecular weight is 294 g/mol.